The number of hydrogen-bond donors (Lipinski definition) is 1. The van der Waals surface area contributed by atoms with Crippen LogP contribution in [0.5, 0.6) is 5.75 Å². The number of nitrogens with zero attached hydrogens (tertiary/aromatic N) is 2. The molecular formula is C17H20FN3O2. The fourth-order valence-corrected chi connectivity index (χ4v) is 3.01. The molecule has 1 atom stereocenters. The molecule has 1 N–H and O–H groups in total. The Kier molecular flexibility index (Phi) is 3.62. The fourth-order valence-electron chi connectivity index (χ4n) is 3.01. The summed E-state index contributed by atoms with van der Waals surface area (Å²) in [5, 5.41) is 7.21. The van der Waals surface area contributed by atoms with Crippen LogP contribution in [-0.2, 0) is 7.05 Å². The molecule has 122 valence electrons. The molecule has 0 bridgehead atoms. The van der Waals surface area contributed by atoms with Gasteiger partial charge in [0.15, 0.2) is 0 Å². The minimum absolute atomic E-state index is 0.203. The maximum atomic E-state index is 13.5. The van der Waals surface area contributed by atoms with Crippen molar-refractivity contribution in [2.45, 2.75) is 38.8 Å². The van der Waals surface area contributed by atoms with Crippen LogP contribution in [0.1, 0.15) is 48.1 Å². The first kappa shape index (κ1) is 15.5. The molecule has 5 nitrogen and oxygen atoms in total. The van der Waals surface area contributed by atoms with Crippen molar-refractivity contribution in [2.24, 2.45) is 7.05 Å². The zero-order chi connectivity index (χ0) is 16.8. The van der Waals surface area contributed by atoms with Crippen LogP contribution in [0.25, 0.3) is 0 Å². The average Bonchev–Trinajstić information content (AvgIpc) is 2.75. The van der Waals surface area contributed by atoms with Crippen LogP contribution in [0.2, 0.25) is 0 Å². The molecule has 0 saturated heterocycles. The molecule has 0 aliphatic carbocycles. The molecule has 1 aliphatic heterocycles. The van der Waals surface area contributed by atoms with Crippen molar-refractivity contribution in [1.29, 1.82) is 0 Å². The predicted molar refractivity (Wildman–Crippen MR) is 83.9 cm³/mol. The second-order valence-corrected chi connectivity index (χ2v) is 6.57. The topological polar surface area (TPSA) is 56.1 Å². The summed E-state index contributed by atoms with van der Waals surface area (Å²) in [6, 6.07) is 5.92. The van der Waals surface area contributed by atoms with E-state index < -0.39 is 5.60 Å². The van der Waals surface area contributed by atoms with Gasteiger partial charge in [-0.15, -0.1) is 0 Å². The molecular weight excluding hydrogens is 297 g/mol. The van der Waals surface area contributed by atoms with E-state index in [0.29, 0.717) is 17.9 Å². The molecule has 0 spiro atoms. The lowest BCUT2D eigenvalue weighted by atomic mass is 9.89. The molecule has 1 aliphatic rings. The highest BCUT2D eigenvalue weighted by Crippen LogP contribution is 2.39. The number of benzene rings is 1. The van der Waals surface area contributed by atoms with Crippen molar-refractivity contribution < 1.29 is 13.9 Å². The molecule has 1 aromatic heterocycles. The summed E-state index contributed by atoms with van der Waals surface area (Å²) in [5.41, 5.74) is 1.59. The van der Waals surface area contributed by atoms with E-state index >= 15 is 0 Å². The number of hydrogen-bond acceptors (Lipinski definition) is 3. The molecule has 1 amide bonds. The summed E-state index contributed by atoms with van der Waals surface area (Å²) in [5.74, 6) is -0.0763. The van der Waals surface area contributed by atoms with E-state index in [1.165, 1.54) is 12.1 Å². The van der Waals surface area contributed by atoms with E-state index in [1.807, 2.05) is 20.8 Å². The lowest BCUT2D eigenvalue weighted by molar-refractivity contribution is 0.0613. The largest absolute Gasteiger partial charge is 0.487 e. The van der Waals surface area contributed by atoms with Gasteiger partial charge in [-0.05, 0) is 32.9 Å². The van der Waals surface area contributed by atoms with Gasteiger partial charge >= 0.3 is 0 Å². The smallest absolute Gasteiger partial charge is 0.270 e. The van der Waals surface area contributed by atoms with Crippen molar-refractivity contribution in [3.05, 3.63) is 47.0 Å². The van der Waals surface area contributed by atoms with Gasteiger partial charge in [0.2, 0.25) is 0 Å². The molecule has 2 aromatic rings. The third-order valence-corrected chi connectivity index (χ3v) is 3.97. The summed E-state index contributed by atoms with van der Waals surface area (Å²) in [6.07, 6.45) is 0.605. The average molecular weight is 317 g/mol. The number of ether oxygens (including phenoxy) is 1. The van der Waals surface area contributed by atoms with E-state index in [1.54, 1.807) is 23.9 Å². The quantitative estimate of drug-likeness (QED) is 0.926. The molecule has 2 heterocycles. The van der Waals surface area contributed by atoms with Crippen molar-refractivity contribution in [3.8, 4) is 5.75 Å². The zero-order valence-electron chi connectivity index (χ0n) is 13.7. The van der Waals surface area contributed by atoms with Crippen LogP contribution in [0.3, 0.4) is 0 Å². The maximum absolute atomic E-state index is 13.5. The summed E-state index contributed by atoms with van der Waals surface area (Å²) >= 11 is 0. The fraction of sp³-hybridized carbons (Fsp3) is 0.412. The molecule has 0 fully saturated rings. The first-order valence-corrected chi connectivity index (χ1v) is 7.55. The first-order valence-electron chi connectivity index (χ1n) is 7.55. The zero-order valence-corrected chi connectivity index (χ0v) is 13.7. The van der Waals surface area contributed by atoms with Crippen LogP contribution >= 0.6 is 0 Å². The first-order chi connectivity index (χ1) is 10.7. The van der Waals surface area contributed by atoms with Gasteiger partial charge in [-0.3, -0.25) is 9.48 Å². The number of aromatic nitrogens is 2. The van der Waals surface area contributed by atoms with Gasteiger partial charge in [0, 0.05) is 25.1 Å². The number of carbonyl (C=O) groups excluding carboxylic acids is 1. The minimum atomic E-state index is -0.485. The number of nitrogens with one attached hydrogen (secondary N) is 1. The molecule has 6 heteroatoms. The van der Waals surface area contributed by atoms with Gasteiger partial charge in [0.05, 0.1) is 11.7 Å². The number of carbonyl (C=O) groups is 1. The Morgan fingerprint density at radius 2 is 2.17 bits per heavy atom. The lowest BCUT2D eigenvalue weighted by Crippen LogP contribution is -2.41. The normalized spacial score (nSPS) is 18.9. The van der Waals surface area contributed by atoms with Crippen molar-refractivity contribution in [3.63, 3.8) is 0 Å². The number of amides is 1. The van der Waals surface area contributed by atoms with Crippen molar-refractivity contribution >= 4 is 5.91 Å². The Morgan fingerprint density at radius 1 is 1.43 bits per heavy atom. The summed E-state index contributed by atoms with van der Waals surface area (Å²) in [7, 11) is 1.74. The van der Waals surface area contributed by atoms with E-state index in [2.05, 4.69) is 10.4 Å². The van der Waals surface area contributed by atoms with Crippen LogP contribution in [0, 0.1) is 12.7 Å². The molecule has 0 unspecified atom stereocenters. The molecule has 0 radical (unpaired) electrons. The summed E-state index contributed by atoms with van der Waals surface area (Å²) < 4.78 is 20.9. The summed E-state index contributed by atoms with van der Waals surface area (Å²) in [6.45, 7) is 5.69. The van der Waals surface area contributed by atoms with Crippen LogP contribution in [0.15, 0.2) is 24.3 Å². The SMILES string of the molecule is Cc1cc(C(=O)N[C@H]2CC(C)(C)Oc3cc(F)ccc32)n(C)n1. The third-order valence-electron chi connectivity index (χ3n) is 3.97. The highest BCUT2D eigenvalue weighted by Gasteiger charge is 2.35. The lowest BCUT2D eigenvalue weighted by Gasteiger charge is -2.37. The van der Waals surface area contributed by atoms with Gasteiger partial charge in [-0.1, -0.05) is 6.07 Å². The number of aryl methyl sites for hydroxylation is 2. The van der Waals surface area contributed by atoms with E-state index in [4.69, 9.17) is 4.74 Å². The van der Waals surface area contributed by atoms with E-state index in [9.17, 15) is 9.18 Å². The maximum Gasteiger partial charge on any atom is 0.270 e. The van der Waals surface area contributed by atoms with Crippen LogP contribution in [-0.4, -0.2) is 21.3 Å². The Bertz CT molecular complexity index is 767. The van der Waals surface area contributed by atoms with Gasteiger partial charge in [0.1, 0.15) is 22.9 Å². The van der Waals surface area contributed by atoms with Gasteiger partial charge < -0.3 is 10.1 Å². The monoisotopic (exact) mass is 317 g/mol. The third kappa shape index (κ3) is 3.06. The predicted octanol–water partition coefficient (Wildman–Crippen LogP) is 2.90. The highest BCUT2D eigenvalue weighted by molar-refractivity contribution is 5.93. The molecule has 0 saturated carbocycles. The molecule has 23 heavy (non-hydrogen) atoms. The van der Waals surface area contributed by atoms with Gasteiger partial charge in [-0.2, -0.15) is 5.10 Å². The number of rotatable bonds is 2. The second kappa shape index (κ2) is 5.37. The summed E-state index contributed by atoms with van der Waals surface area (Å²) in [4.78, 5) is 12.5. The van der Waals surface area contributed by atoms with E-state index in [0.717, 1.165) is 11.3 Å². The highest BCUT2D eigenvalue weighted by atomic mass is 19.1. The standard InChI is InChI=1S/C17H20FN3O2/c1-10-7-14(21(4)20-10)16(22)19-13-9-17(2,3)23-15-8-11(18)5-6-12(13)15/h5-8,13H,9H2,1-4H3,(H,19,22)/t13-/m0/s1. The second-order valence-electron chi connectivity index (χ2n) is 6.57. The Hall–Kier alpha value is -2.37. The Morgan fingerprint density at radius 3 is 2.83 bits per heavy atom. The molecule has 3 rings (SSSR count). The van der Waals surface area contributed by atoms with Crippen molar-refractivity contribution in [2.75, 3.05) is 0 Å². The number of halogens is 1. The van der Waals surface area contributed by atoms with Crippen molar-refractivity contribution in [1.82, 2.24) is 15.1 Å². The van der Waals surface area contributed by atoms with Gasteiger partial charge in [-0.25, -0.2) is 4.39 Å². The van der Waals surface area contributed by atoms with Gasteiger partial charge in [0.25, 0.3) is 5.91 Å². The number of fused-ring (bicyclic) bond motifs is 1. The van der Waals surface area contributed by atoms with Crippen LogP contribution in [0.4, 0.5) is 4.39 Å². The Balaban J connectivity index is 1.91. The minimum Gasteiger partial charge on any atom is -0.487 e. The van der Waals surface area contributed by atoms with Crippen LogP contribution < -0.4 is 10.1 Å². The Labute approximate surface area is 134 Å². The molecule has 1 aromatic carbocycles. The van der Waals surface area contributed by atoms with E-state index in [-0.39, 0.29) is 17.8 Å².